The molecule has 5 nitrogen and oxygen atoms in total. The van der Waals surface area contributed by atoms with Gasteiger partial charge >= 0.3 is 0 Å². The van der Waals surface area contributed by atoms with Gasteiger partial charge in [0, 0.05) is 37.6 Å². The molecule has 9 rings (SSSR count). The lowest BCUT2D eigenvalue weighted by atomic mass is 9.40. The Kier molecular flexibility index (Phi) is 9.63. The van der Waals surface area contributed by atoms with E-state index in [1.54, 1.807) is 0 Å². The quantitative estimate of drug-likeness (QED) is 0.204. The number of hydrogen-bond donors (Lipinski definition) is 0. The number of nitrogens with zero attached hydrogens (tertiary/aromatic N) is 1. The van der Waals surface area contributed by atoms with Crippen molar-refractivity contribution in [3.05, 3.63) is 74.7 Å². The molecule has 0 bridgehead atoms. The second kappa shape index (κ2) is 13.5. The fraction of sp³-hybridized carbons (Fsp3) is 0.646. The van der Waals surface area contributed by atoms with E-state index in [4.69, 9.17) is 13.6 Å². The van der Waals surface area contributed by atoms with Crippen LogP contribution in [0.5, 0.6) is 0 Å². The highest BCUT2D eigenvalue weighted by Crippen LogP contribution is 2.72. The molecule has 9 heteroatoms. The topological polar surface area (TPSA) is 49.7 Å². The van der Waals surface area contributed by atoms with Gasteiger partial charge in [-0.15, -0.1) is 23.5 Å². The van der Waals surface area contributed by atoms with Crippen LogP contribution in [0.4, 0.5) is 0 Å². The molecule has 2 aromatic rings. The summed E-state index contributed by atoms with van der Waals surface area (Å²) >= 11 is 4.02. The lowest BCUT2D eigenvalue weighted by molar-refractivity contribution is -0.140. The molecule has 3 aliphatic heterocycles. The van der Waals surface area contributed by atoms with Crippen LogP contribution in [0.1, 0.15) is 132 Å². The van der Waals surface area contributed by atoms with Crippen molar-refractivity contribution in [3.8, 4) is 0 Å². The maximum absolute atomic E-state index is 15.3. The minimum absolute atomic E-state index is 0.000422. The van der Waals surface area contributed by atoms with E-state index in [1.807, 2.05) is 23.5 Å². The summed E-state index contributed by atoms with van der Waals surface area (Å²) in [6.45, 7) is 32.4. The van der Waals surface area contributed by atoms with Crippen molar-refractivity contribution in [1.82, 2.24) is 4.57 Å². The molecule has 306 valence electrons. The van der Waals surface area contributed by atoms with Crippen LogP contribution < -0.4 is 0 Å². The Bertz CT molecular complexity index is 2170. The molecule has 2 radical (unpaired) electrons. The van der Waals surface area contributed by atoms with E-state index in [9.17, 15) is 0 Å². The summed E-state index contributed by atoms with van der Waals surface area (Å²) in [5.41, 5.74) is 8.33. The SMILES string of the molecule is C=C(C)[C@H]1C(=O)c2c3c(cc4c5c(n1c24)[C@@]1(C)C(CCC2[C@](C)(/C=C/C=C4SCCCS4)C(O[Si](C)(C)C)CC[C@@]21C)C5)C1=CC(C)(C)OC(C)(C)C1C3O[Si]C. The van der Waals surface area contributed by atoms with E-state index in [0.29, 0.717) is 21.6 Å². The van der Waals surface area contributed by atoms with Gasteiger partial charge in [-0.05, 0) is 163 Å². The van der Waals surface area contributed by atoms with Crippen LogP contribution in [-0.4, -0.2) is 57.2 Å². The van der Waals surface area contributed by atoms with Gasteiger partial charge in [-0.3, -0.25) is 4.79 Å². The average Bonchev–Trinajstić information content (AvgIpc) is 3.79. The standard InChI is InChI=1S/C48H65NO4S2Si2/c1-27(2)39-41(50)37-36-29(32-26-44(3,4)53-45(5,6)38(32)42(36)51-56-10)25-30-31-24-28-17-18-33-46(7,20-14-16-35-54-22-15-23-55-35)34(52-57(11,12)13)19-21-47(33,8)48(28,9)43(31)49(39)40(30)37/h14,16,20,25-26,28,33-34,38-39,42H,1,15,17-19,21-24H2,2-13H3/b20-14+/t28?,33?,34?,38?,39-,42?,46-,47-,48+/m0/s1. The molecule has 0 N–H and O–H groups in total. The van der Waals surface area contributed by atoms with E-state index in [2.05, 4.69) is 123 Å². The van der Waals surface area contributed by atoms with Gasteiger partial charge in [-0.25, -0.2) is 0 Å². The Morgan fingerprint density at radius 1 is 1.07 bits per heavy atom. The summed E-state index contributed by atoms with van der Waals surface area (Å²) in [7, 11) is -1.53. The van der Waals surface area contributed by atoms with Crippen LogP contribution in [0.15, 0.2) is 46.8 Å². The molecule has 4 heterocycles. The molecular formula is C48H65NO4S2Si2. The largest absolute Gasteiger partial charge is 0.414 e. The number of rotatable bonds is 7. The molecule has 9 atom stereocenters. The summed E-state index contributed by atoms with van der Waals surface area (Å²) in [6.07, 6.45) is 16.6. The lowest BCUT2D eigenvalue weighted by Crippen LogP contribution is -2.63. The van der Waals surface area contributed by atoms with Crippen LogP contribution >= 0.6 is 23.5 Å². The predicted octanol–water partition coefficient (Wildman–Crippen LogP) is 12.4. The fourth-order valence-corrected chi connectivity index (χ4v) is 17.9. The third-order valence-corrected chi connectivity index (χ3v) is 19.8. The number of carbonyl (C=O) groups excluding carboxylic acids is 1. The van der Waals surface area contributed by atoms with Crippen molar-refractivity contribution >= 4 is 63.9 Å². The van der Waals surface area contributed by atoms with Crippen molar-refractivity contribution in [2.75, 3.05) is 11.5 Å². The molecule has 1 saturated heterocycles. The summed E-state index contributed by atoms with van der Waals surface area (Å²) in [5, 5.41) is 1.29. The van der Waals surface area contributed by atoms with E-state index in [-0.39, 0.29) is 40.2 Å². The van der Waals surface area contributed by atoms with E-state index >= 15 is 4.79 Å². The van der Waals surface area contributed by atoms with E-state index in [1.165, 1.54) is 62.8 Å². The van der Waals surface area contributed by atoms with Gasteiger partial charge in [0.1, 0.15) is 6.04 Å². The lowest BCUT2D eigenvalue weighted by Gasteiger charge is -2.65. The number of fused-ring (bicyclic) bond motifs is 11. The zero-order chi connectivity index (χ0) is 40.8. The number of hydrogen-bond acceptors (Lipinski definition) is 6. The van der Waals surface area contributed by atoms with E-state index in [0.717, 1.165) is 41.5 Å². The minimum atomic E-state index is -1.83. The number of thioether (sulfide) groups is 2. The molecule has 5 unspecified atom stereocenters. The number of Topliss-reactive ketones (excluding diaryl/α,β-unsaturated/α-hetero) is 1. The number of ether oxygens (including phenoxy) is 1. The zero-order valence-electron chi connectivity index (χ0n) is 36.6. The van der Waals surface area contributed by atoms with Crippen molar-refractivity contribution in [1.29, 1.82) is 0 Å². The van der Waals surface area contributed by atoms with Gasteiger partial charge in [-0.1, -0.05) is 45.1 Å². The Hall–Kier alpha value is -1.60. The van der Waals surface area contributed by atoms with Gasteiger partial charge < -0.3 is 18.2 Å². The first kappa shape index (κ1) is 40.8. The van der Waals surface area contributed by atoms with Gasteiger partial charge in [-0.2, -0.15) is 0 Å². The van der Waals surface area contributed by atoms with Crippen LogP contribution in [0.25, 0.3) is 16.5 Å². The second-order valence-electron chi connectivity index (χ2n) is 21.2. The number of ketones is 1. The molecular weight excluding hydrogens is 775 g/mol. The first-order valence-corrected chi connectivity index (χ1v) is 28.5. The van der Waals surface area contributed by atoms with Crippen molar-refractivity contribution in [3.63, 3.8) is 0 Å². The summed E-state index contributed by atoms with van der Waals surface area (Å²) in [5.74, 6) is 3.60. The third kappa shape index (κ3) is 5.81. The molecule has 1 aromatic heterocycles. The first-order valence-electron chi connectivity index (χ1n) is 21.7. The van der Waals surface area contributed by atoms with Gasteiger partial charge in [0.15, 0.2) is 14.1 Å². The van der Waals surface area contributed by atoms with Gasteiger partial charge in [0.05, 0.1) is 34.5 Å². The smallest absolute Gasteiger partial charge is 0.227 e. The summed E-state index contributed by atoms with van der Waals surface area (Å²) in [6, 6.07) is 2.09. The highest BCUT2D eigenvalue weighted by Gasteiger charge is 2.68. The van der Waals surface area contributed by atoms with Crippen molar-refractivity contribution < 1.29 is 18.4 Å². The first-order chi connectivity index (χ1) is 26.7. The van der Waals surface area contributed by atoms with Gasteiger partial charge in [0.2, 0.25) is 9.76 Å². The monoisotopic (exact) mass is 839 g/mol. The number of allylic oxidation sites excluding steroid dienone is 3. The second-order valence-corrected chi connectivity index (χ2v) is 28.9. The Labute approximate surface area is 354 Å². The van der Waals surface area contributed by atoms with Crippen LogP contribution in [0.3, 0.4) is 0 Å². The number of carbonyl (C=O) groups is 1. The summed E-state index contributed by atoms with van der Waals surface area (Å²) in [4.78, 5) is 15.3. The zero-order valence-corrected chi connectivity index (χ0v) is 40.2. The van der Waals surface area contributed by atoms with Crippen molar-refractivity contribution in [2.24, 2.45) is 28.6 Å². The molecule has 0 amide bonds. The molecule has 57 heavy (non-hydrogen) atoms. The Morgan fingerprint density at radius 3 is 2.46 bits per heavy atom. The maximum atomic E-state index is 15.3. The molecule has 3 fully saturated rings. The van der Waals surface area contributed by atoms with Crippen LogP contribution in [0.2, 0.25) is 26.2 Å². The van der Waals surface area contributed by atoms with Crippen molar-refractivity contribution in [2.45, 2.75) is 155 Å². The highest BCUT2D eigenvalue weighted by molar-refractivity contribution is 8.22. The van der Waals surface area contributed by atoms with Gasteiger partial charge in [0.25, 0.3) is 0 Å². The fourth-order valence-electron chi connectivity index (χ4n) is 13.8. The third-order valence-electron chi connectivity index (χ3n) is 15.8. The number of aromatic nitrogens is 1. The van der Waals surface area contributed by atoms with Crippen LogP contribution in [-0.2, 0) is 25.4 Å². The molecule has 4 aliphatic carbocycles. The highest BCUT2D eigenvalue weighted by atomic mass is 32.2. The molecule has 0 spiro atoms. The predicted molar refractivity (Wildman–Crippen MR) is 244 cm³/mol. The molecule has 2 saturated carbocycles. The number of benzene rings is 1. The minimum Gasteiger partial charge on any atom is -0.414 e. The average molecular weight is 840 g/mol. The van der Waals surface area contributed by atoms with Crippen LogP contribution in [0, 0.1) is 28.6 Å². The van der Waals surface area contributed by atoms with E-state index < -0.39 is 25.6 Å². The summed E-state index contributed by atoms with van der Waals surface area (Å²) < 4.78 is 24.8. The normalized spacial score (nSPS) is 37.5. The maximum Gasteiger partial charge on any atom is 0.227 e. The Balaban J connectivity index is 1.25. The Morgan fingerprint density at radius 2 is 1.79 bits per heavy atom. The molecule has 7 aliphatic rings. The molecule has 1 aromatic carbocycles.